The Morgan fingerprint density at radius 3 is 1.77 bits per heavy atom. The van der Waals surface area contributed by atoms with Gasteiger partial charge in [0.05, 0.1) is 35.1 Å². The summed E-state index contributed by atoms with van der Waals surface area (Å²) >= 11 is 6.04. The van der Waals surface area contributed by atoms with Crippen LogP contribution in [0.25, 0.3) is 0 Å². The van der Waals surface area contributed by atoms with Crippen molar-refractivity contribution in [3.8, 4) is 0 Å². The Balaban J connectivity index is 1.45. The van der Waals surface area contributed by atoms with Crippen LogP contribution in [-0.4, -0.2) is 60.9 Å². The van der Waals surface area contributed by atoms with Gasteiger partial charge in [0.2, 0.25) is 11.8 Å². The van der Waals surface area contributed by atoms with Gasteiger partial charge in [-0.05, 0) is 24.3 Å². The van der Waals surface area contributed by atoms with Gasteiger partial charge in [-0.3, -0.25) is 19.4 Å². The van der Waals surface area contributed by atoms with Gasteiger partial charge in [-0.15, -0.1) is 0 Å². The molecule has 1 saturated heterocycles. The molecule has 0 radical (unpaired) electrons. The molecular weight excluding hydrogens is 433 g/mol. The van der Waals surface area contributed by atoms with Gasteiger partial charge in [0.15, 0.2) is 0 Å². The second-order valence-corrected chi connectivity index (χ2v) is 7.58. The van der Waals surface area contributed by atoms with Crippen molar-refractivity contribution in [1.82, 2.24) is 9.80 Å². The number of hydrogen-bond donors (Lipinski definition) is 2. The molecular formula is C21H22ClF3N4O2. The van der Waals surface area contributed by atoms with E-state index in [2.05, 4.69) is 10.6 Å². The normalized spacial score (nSPS) is 15.5. The Labute approximate surface area is 183 Å². The summed E-state index contributed by atoms with van der Waals surface area (Å²) in [4.78, 5) is 28.3. The first-order valence-corrected chi connectivity index (χ1v) is 10.1. The number of hydrogen-bond acceptors (Lipinski definition) is 4. The predicted octanol–water partition coefficient (Wildman–Crippen LogP) is 3.55. The number of rotatable bonds is 6. The molecule has 1 heterocycles. The summed E-state index contributed by atoms with van der Waals surface area (Å²) in [6.07, 6.45) is -4.54. The molecule has 0 saturated carbocycles. The fraction of sp³-hybridized carbons (Fsp3) is 0.333. The molecule has 1 fully saturated rings. The van der Waals surface area contributed by atoms with Crippen LogP contribution < -0.4 is 10.6 Å². The van der Waals surface area contributed by atoms with Crippen LogP contribution in [0.4, 0.5) is 24.5 Å². The topological polar surface area (TPSA) is 64.7 Å². The standard InChI is InChI=1S/C21H22ClF3N4O2/c22-16-6-2-4-8-18(16)27-20(31)14-29-11-9-28(10-12-29)13-19(30)26-17-7-3-1-5-15(17)21(23,24)25/h1-8H,9-14H2,(H,26,30)(H,27,31). The van der Waals surface area contributed by atoms with Crippen LogP contribution in [0.3, 0.4) is 0 Å². The minimum Gasteiger partial charge on any atom is -0.324 e. The molecule has 0 aromatic heterocycles. The summed E-state index contributed by atoms with van der Waals surface area (Å²) in [5.41, 5.74) is -0.587. The van der Waals surface area contributed by atoms with E-state index in [0.717, 1.165) is 6.07 Å². The lowest BCUT2D eigenvalue weighted by molar-refractivity contribution is -0.137. The monoisotopic (exact) mass is 454 g/mol. The van der Waals surface area contributed by atoms with Crippen molar-refractivity contribution < 1.29 is 22.8 Å². The highest BCUT2D eigenvalue weighted by Gasteiger charge is 2.33. The molecule has 166 valence electrons. The van der Waals surface area contributed by atoms with Crippen LogP contribution in [0.5, 0.6) is 0 Å². The van der Waals surface area contributed by atoms with Gasteiger partial charge in [-0.2, -0.15) is 13.2 Å². The lowest BCUT2D eigenvalue weighted by atomic mass is 10.1. The number of piperazine rings is 1. The van der Waals surface area contributed by atoms with Gasteiger partial charge >= 0.3 is 6.18 Å². The average Bonchev–Trinajstić information content (AvgIpc) is 2.71. The third-order valence-corrected chi connectivity index (χ3v) is 5.18. The minimum atomic E-state index is -4.54. The van der Waals surface area contributed by atoms with Gasteiger partial charge in [-0.1, -0.05) is 35.9 Å². The first kappa shape index (κ1) is 23.1. The lowest BCUT2D eigenvalue weighted by Gasteiger charge is -2.33. The number of nitrogens with one attached hydrogen (secondary N) is 2. The number of carbonyl (C=O) groups is 2. The smallest absolute Gasteiger partial charge is 0.324 e. The molecule has 0 atom stereocenters. The number of benzene rings is 2. The van der Waals surface area contributed by atoms with E-state index in [0.29, 0.717) is 36.9 Å². The van der Waals surface area contributed by atoms with E-state index in [1.54, 1.807) is 24.3 Å². The number of halogens is 4. The molecule has 1 aliphatic heterocycles. The Kier molecular flexibility index (Phi) is 7.53. The fourth-order valence-electron chi connectivity index (χ4n) is 3.29. The molecule has 2 aromatic rings. The van der Waals surface area contributed by atoms with Crippen molar-refractivity contribution in [1.29, 1.82) is 0 Å². The summed E-state index contributed by atoms with van der Waals surface area (Å²) in [6.45, 7) is 2.32. The first-order chi connectivity index (χ1) is 14.7. The number of anilines is 2. The summed E-state index contributed by atoms with van der Waals surface area (Å²) < 4.78 is 39.2. The van der Waals surface area contributed by atoms with Gasteiger partial charge in [-0.25, -0.2) is 0 Å². The summed E-state index contributed by atoms with van der Waals surface area (Å²) in [6, 6.07) is 11.8. The van der Waals surface area contributed by atoms with Crippen LogP contribution in [0.2, 0.25) is 5.02 Å². The number of carbonyl (C=O) groups excluding carboxylic acids is 2. The van der Waals surface area contributed by atoms with E-state index in [1.165, 1.54) is 18.2 Å². The van der Waals surface area contributed by atoms with Crippen molar-refractivity contribution in [3.63, 3.8) is 0 Å². The van der Waals surface area contributed by atoms with Gasteiger partial charge in [0.25, 0.3) is 0 Å². The minimum absolute atomic E-state index is 0.0220. The van der Waals surface area contributed by atoms with Crippen LogP contribution in [0.15, 0.2) is 48.5 Å². The molecule has 2 N–H and O–H groups in total. The summed E-state index contributed by atoms with van der Waals surface area (Å²) in [7, 11) is 0. The number of para-hydroxylation sites is 2. The number of nitrogens with zero attached hydrogens (tertiary/aromatic N) is 2. The second kappa shape index (κ2) is 10.1. The van der Waals surface area contributed by atoms with E-state index < -0.39 is 17.6 Å². The molecule has 0 spiro atoms. The molecule has 31 heavy (non-hydrogen) atoms. The van der Waals surface area contributed by atoms with Gasteiger partial charge in [0.1, 0.15) is 0 Å². The summed E-state index contributed by atoms with van der Waals surface area (Å²) in [5.74, 6) is -0.704. The average molecular weight is 455 g/mol. The maximum atomic E-state index is 13.1. The Morgan fingerprint density at radius 1 is 0.806 bits per heavy atom. The fourth-order valence-corrected chi connectivity index (χ4v) is 3.48. The maximum Gasteiger partial charge on any atom is 0.418 e. The molecule has 0 aliphatic carbocycles. The molecule has 2 amide bonds. The van der Waals surface area contributed by atoms with E-state index in [-0.39, 0.29) is 24.7 Å². The van der Waals surface area contributed by atoms with Gasteiger partial charge in [0, 0.05) is 26.2 Å². The van der Waals surface area contributed by atoms with E-state index >= 15 is 0 Å². The largest absolute Gasteiger partial charge is 0.418 e. The first-order valence-electron chi connectivity index (χ1n) is 9.67. The van der Waals surface area contributed by atoms with Crippen LogP contribution in [-0.2, 0) is 15.8 Å². The van der Waals surface area contributed by atoms with Crippen molar-refractivity contribution in [3.05, 3.63) is 59.1 Å². The SMILES string of the molecule is O=C(CN1CCN(CC(=O)Nc2ccccc2C(F)(F)F)CC1)Nc1ccccc1Cl. The lowest BCUT2D eigenvalue weighted by Crippen LogP contribution is -2.50. The third-order valence-electron chi connectivity index (χ3n) is 4.85. The zero-order chi connectivity index (χ0) is 22.4. The molecule has 0 bridgehead atoms. The van der Waals surface area contributed by atoms with Crippen molar-refractivity contribution in [2.75, 3.05) is 49.9 Å². The molecule has 6 nitrogen and oxygen atoms in total. The Morgan fingerprint density at radius 2 is 1.26 bits per heavy atom. The van der Waals surface area contributed by atoms with Crippen LogP contribution >= 0.6 is 11.6 Å². The third kappa shape index (κ3) is 6.68. The maximum absolute atomic E-state index is 13.1. The molecule has 2 aromatic carbocycles. The van der Waals surface area contributed by atoms with E-state index in [9.17, 15) is 22.8 Å². The number of alkyl halides is 3. The highest BCUT2D eigenvalue weighted by Crippen LogP contribution is 2.34. The molecule has 10 heteroatoms. The highest BCUT2D eigenvalue weighted by molar-refractivity contribution is 6.33. The zero-order valence-corrected chi connectivity index (χ0v) is 17.3. The van der Waals surface area contributed by atoms with Crippen molar-refractivity contribution in [2.45, 2.75) is 6.18 Å². The van der Waals surface area contributed by atoms with Crippen LogP contribution in [0.1, 0.15) is 5.56 Å². The van der Waals surface area contributed by atoms with Crippen LogP contribution in [0, 0.1) is 0 Å². The Bertz CT molecular complexity index is 931. The highest BCUT2D eigenvalue weighted by atomic mass is 35.5. The van der Waals surface area contributed by atoms with Gasteiger partial charge < -0.3 is 10.6 Å². The van der Waals surface area contributed by atoms with Crippen molar-refractivity contribution >= 4 is 34.8 Å². The predicted molar refractivity (Wildman–Crippen MR) is 113 cm³/mol. The van der Waals surface area contributed by atoms with E-state index in [4.69, 9.17) is 11.6 Å². The quantitative estimate of drug-likeness (QED) is 0.700. The molecule has 1 aliphatic rings. The zero-order valence-electron chi connectivity index (χ0n) is 16.6. The van der Waals surface area contributed by atoms with E-state index in [1.807, 2.05) is 9.80 Å². The number of amides is 2. The molecule has 0 unspecified atom stereocenters. The second-order valence-electron chi connectivity index (χ2n) is 7.17. The van der Waals surface area contributed by atoms with Crippen molar-refractivity contribution in [2.24, 2.45) is 0 Å². The molecule has 3 rings (SSSR count). The summed E-state index contributed by atoms with van der Waals surface area (Å²) in [5, 5.41) is 5.57. The Hall–Kier alpha value is -2.62.